The highest BCUT2D eigenvalue weighted by molar-refractivity contribution is 7.89. The van der Waals surface area contributed by atoms with Crippen molar-refractivity contribution in [1.29, 1.82) is 0 Å². The Morgan fingerprint density at radius 1 is 1.17 bits per heavy atom. The molecule has 1 aliphatic rings. The summed E-state index contributed by atoms with van der Waals surface area (Å²) >= 11 is 0. The molecule has 0 amide bonds. The lowest BCUT2D eigenvalue weighted by atomic mass is 9.98. The number of nitrogens with one attached hydrogen (secondary N) is 2. The monoisotopic (exact) mass is 438 g/mol. The molecule has 2 rings (SSSR count). The summed E-state index contributed by atoms with van der Waals surface area (Å²) in [5.74, 6) is 1.62. The fourth-order valence-electron chi connectivity index (χ4n) is 3.82. The van der Waals surface area contributed by atoms with Crippen LogP contribution in [0.2, 0.25) is 0 Å². The predicted molar refractivity (Wildman–Crippen MR) is 122 cm³/mol. The first kappa shape index (κ1) is 24.6. The van der Waals surface area contributed by atoms with Crippen LogP contribution in [0.15, 0.2) is 40.2 Å². The number of aliphatic hydroxyl groups excluding tert-OH is 1. The van der Waals surface area contributed by atoms with Crippen molar-refractivity contribution in [2.45, 2.75) is 50.8 Å². The first-order valence-corrected chi connectivity index (χ1v) is 12.6. The van der Waals surface area contributed by atoms with Gasteiger partial charge in [0, 0.05) is 39.3 Å². The number of aliphatic hydroxyl groups is 1. The largest absolute Gasteiger partial charge is 0.396 e. The van der Waals surface area contributed by atoms with E-state index >= 15 is 0 Å². The molecule has 1 aliphatic heterocycles. The van der Waals surface area contributed by atoms with Crippen LogP contribution >= 0.6 is 0 Å². The van der Waals surface area contributed by atoms with Crippen LogP contribution in [-0.2, 0) is 10.0 Å². The second-order valence-electron chi connectivity index (χ2n) is 7.93. The number of sulfonamides is 1. The van der Waals surface area contributed by atoms with Gasteiger partial charge in [0.15, 0.2) is 5.96 Å². The summed E-state index contributed by atoms with van der Waals surface area (Å²) in [5.41, 5.74) is 0. The van der Waals surface area contributed by atoms with Crippen molar-refractivity contribution in [3.63, 3.8) is 0 Å². The maximum absolute atomic E-state index is 12.8. The van der Waals surface area contributed by atoms with Crippen molar-refractivity contribution >= 4 is 16.0 Å². The minimum atomic E-state index is -3.40. The highest BCUT2D eigenvalue weighted by Gasteiger charge is 2.29. The van der Waals surface area contributed by atoms with Gasteiger partial charge in [0.25, 0.3) is 0 Å². The molecule has 0 spiro atoms. The number of benzene rings is 1. The van der Waals surface area contributed by atoms with Gasteiger partial charge in [-0.2, -0.15) is 4.31 Å². The fourth-order valence-corrected chi connectivity index (χ4v) is 5.31. The lowest BCUT2D eigenvalue weighted by Crippen LogP contribution is -2.44. The third-order valence-corrected chi connectivity index (χ3v) is 7.51. The van der Waals surface area contributed by atoms with Gasteiger partial charge in [-0.3, -0.25) is 4.99 Å². The van der Waals surface area contributed by atoms with E-state index in [0.29, 0.717) is 36.4 Å². The SMILES string of the molecule is CCCC(CCO)CN=C(NCC)NCC1CCN(S(=O)(=O)c2ccccc2)CC1. The van der Waals surface area contributed by atoms with Crippen LogP contribution < -0.4 is 10.6 Å². The predicted octanol–water partition coefficient (Wildman–Crippen LogP) is 2.44. The molecular formula is C22H38N4O3S. The van der Waals surface area contributed by atoms with Crippen LogP contribution in [0.4, 0.5) is 0 Å². The average molecular weight is 439 g/mol. The Morgan fingerprint density at radius 3 is 2.47 bits per heavy atom. The van der Waals surface area contributed by atoms with E-state index in [1.165, 1.54) is 0 Å². The van der Waals surface area contributed by atoms with Gasteiger partial charge >= 0.3 is 0 Å². The van der Waals surface area contributed by atoms with Crippen molar-refractivity contribution in [3.8, 4) is 0 Å². The molecule has 8 heteroatoms. The number of rotatable bonds is 11. The molecule has 30 heavy (non-hydrogen) atoms. The molecule has 1 heterocycles. The Bertz CT molecular complexity index is 726. The van der Waals surface area contributed by atoms with E-state index < -0.39 is 10.0 Å². The molecule has 3 N–H and O–H groups in total. The van der Waals surface area contributed by atoms with Gasteiger partial charge in [-0.1, -0.05) is 31.5 Å². The summed E-state index contributed by atoms with van der Waals surface area (Å²) in [4.78, 5) is 5.07. The summed E-state index contributed by atoms with van der Waals surface area (Å²) in [7, 11) is -3.40. The van der Waals surface area contributed by atoms with Gasteiger partial charge in [0.2, 0.25) is 10.0 Å². The van der Waals surface area contributed by atoms with Gasteiger partial charge in [-0.25, -0.2) is 8.42 Å². The van der Waals surface area contributed by atoms with Gasteiger partial charge in [-0.05, 0) is 56.6 Å². The van der Waals surface area contributed by atoms with E-state index in [4.69, 9.17) is 4.99 Å². The zero-order valence-electron chi connectivity index (χ0n) is 18.4. The fraction of sp³-hybridized carbons (Fsp3) is 0.682. The number of piperidine rings is 1. The lowest BCUT2D eigenvalue weighted by Gasteiger charge is -2.31. The zero-order valence-corrected chi connectivity index (χ0v) is 19.2. The van der Waals surface area contributed by atoms with Crippen molar-refractivity contribution in [3.05, 3.63) is 30.3 Å². The maximum Gasteiger partial charge on any atom is 0.243 e. The Hall–Kier alpha value is -1.64. The Labute approximate surface area is 182 Å². The molecular weight excluding hydrogens is 400 g/mol. The van der Waals surface area contributed by atoms with Gasteiger partial charge in [-0.15, -0.1) is 0 Å². The van der Waals surface area contributed by atoms with Crippen LogP contribution in [-0.4, -0.2) is 63.1 Å². The van der Waals surface area contributed by atoms with Crippen molar-refractivity contribution in [1.82, 2.24) is 14.9 Å². The summed E-state index contributed by atoms with van der Waals surface area (Å²) in [6.45, 7) is 7.77. The summed E-state index contributed by atoms with van der Waals surface area (Å²) in [5, 5.41) is 15.9. The second-order valence-corrected chi connectivity index (χ2v) is 9.87. The van der Waals surface area contributed by atoms with Crippen molar-refractivity contribution < 1.29 is 13.5 Å². The van der Waals surface area contributed by atoms with Gasteiger partial charge in [0.05, 0.1) is 4.90 Å². The number of hydrogen-bond donors (Lipinski definition) is 3. The third-order valence-electron chi connectivity index (χ3n) is 5.60. The number of nitrogens with zero attached hydrogens (tertiary/aromatic N) is 2. The molecule has 7 nitrogen and oxygen atoms in total. The molecule has 0 bridgehead atoms. The molecule has 0 aromatic heterocycles. The molecule has 1 atom stereocenters. The smallest absolute Gasteiger partial charge is 0.243 e. The quantitative estimate of drug-likeness (QED) is 0.364. The van der Waals surface area contributed by atoms with Crippen molar-refractivity contribution in [2.75, 3.05) is 39.3 Å². The van der Waals surface area contributed by atoms with Gasteiger partial charge in [0.1, 0.15) is 0 Å². The highest BCUT2D eigenvalue weighted by Crippen LogP contribution is 2.23. The maximum atomic E-state index is 12.8. The molecule has 1 saturated heterocycles. The zero-order chi connectivity index (χ0) is 21.8. The normalized spacial score (nSPS) is 17.6. The summed E-state index contributed by atoms with van der Waals surface area (Å²) < 4.78 is 27.1. The van der Waals surface area contributed by atoms with E-state index in [1.807, 2.05) is 13.0 Å². The van der Waals surface area contributed by atoms with E-state index in [2.05, 4.69) is 17.6 Å². The van der Waals surface area contributed by atoms with Crippen LogP contribution in [0.5, 0.6) is 0 Å². The standard InChI is InChI=1S/C22H38N4O3S/c1-3-8-19(13-16-27)17-24-22(23-4-2)25-18-20-11-14-26(15-12-20)30(28,29)21-9-6-5-7-10-21/h5-7,9-10,19-20,27H,3-4,8,11-18H2,1-2H3,(H2,23,24,25). The number of guanidine groups is 1. The Kier molecular flexibility index (Phi) is 10.6. The van der Waals surface area contributed by atoms with Gasteiger partial charge < -0.3 is 15.7 Å². The topological polar surface area (TPSA) is 94.0 Å². The van der Waals surface area contributed by atoms with E-state index in [1.54, 1.807) is 28.6 Å². The molecule has 0 saturated carbocycles. The van der Waals surface area contributed by atoms with E-state index in [9.17, 15) is 13.5 Å². The third kappa shape index (κ3) is 7.56. The average Bonchev–Trinajstić information content (AvgIpc) is 2.76. The molecule has 1 aromatic carbocycles. The molecule has 0 aliphatic carbocycles. The first-order chi connectivity index (χ1) is 14.5. The minimum Gasteiger partial charge on any atom is -0.396 e. The molecule has 1 unspecified atom stereocenters. The van der Waals surface area contributed by atoms with E-state index in [0.717, 1.165) is 51.2 Å². The Balaban J connectivity index is 1.84. The van der Waals surface area contributed by atoms with Crippen LogP contribution in [0.1, 0.15) is 46.0 Å². The summed E-state index contributed by atoms with van der Waals surface area (Å²) in [6.07, 6.45) is 4.61. The van der Waals surface area contributed by atoms with E-state index in [-0.39, 0.29) is 6.61 Å². The second kappa shape index (κ2) is 12.9. The van der Waals surface area contributed by atoms with Crippen LogP contribution in [0.3, 0.4) is 0 Å². The molecule has 170 valence electrons. The molecule has 0 radical (unpaired) electrons. The van der Waals surface area contributed by atoms with Crippen LogP contribution in [0, 0.1) is 11.8 Å². The Morgan fingerprint density at radius 2 is 1.87 bits per heavy atom. The number of aliphatic imine (C=N–C) groups is 1. The highest BCUT2D eigenvalue weighted by atomic mass is 32.2. The van der Waals surface area contributed by atoms with Crippen molar-refractivity contribution in [2.24, 2.45) is 16.8 Å². The van der Waals surface area contributed by atoms with Crippen LogP contribution in [0.25, 0.3) is 0 Å². The molecule has 1 fully saturated rings. The summed E-state index contributed by atoms with van der Waals surface area (Å²) in [6, 6.07) is 8.66. The lowest BCUT2D eigenvalue weighted by molar-refractivity contribution is 0.253. The first-order valence-electron chi connectivity index (χ1n) is 11.2. The molecule has 1 aromatic rings. The number of hydrogen-bond acceptors (Lipinski definition) is 4. The minimum absolute atomic E-state index is 0.203.